The number of benzene rings is 1. The van der Waals surface area contributed by atoms with Gasteiger partial charge in [0, 0.05) is 6.54 Å². The van der Waals surface area contributed by atoms with E-state index in [-0.39, 0.29) is 0 Å². The molecule has 2 rings (SSSR count). The van der Waals surface area contributed by atoms with Gasteiger partial charge in [-0.05, 0) is 25.0 Å². The first-order valence-electron chi connectivity index (χ1n) is 6.44. The number of hydrogen-bond donors (Lipinski definition) is 2. The fourth-order valence-corrected chi connectivity index (χ4v) is 3.03. The van der Waals surface area contributed by atoms with Gasteiger partial charge in [0.15, 0.2) is 0 Å². The average Bonchev–Trinajstić information content (AvgIpc) is 2.83. The Hall–Kier alpha value is -1.46. The number of hydrogen-bond acceptors (Lipinski definition) is 4. The molecule has 102 valence electrons. The van der Waals surface area contributed by atoms with E-state index < -0.39 is 11.5 Å². The van der Waals surface area contributed by atoms with E-state index in [9.17, 15) is 9.90 Å². The summed E-state index contributed by atoms with van der Waals surface area (Å²) in [5.41, 5.74) is 0.121. The molecule has 0 saturated carbocycles. The van der Waals surface area contributed by atoms with E-state index in [2.05, 4.69) is 10.3 Å². The summed E-state index contributed by atoms with van der Waals surface area (Å²) < 4.78 is 1.13. The number of thiazole rings is 1. The van der Waals surface area contributed by atoms with Gasteiger partial charge < -0.3 is 5.11 Å². The lowest BCUT2D eigenvalue weighted by molar-refractivity contribution is -0.145. The molecule has 0 atom stereocenters. The fourth-order valence-electron chi connectivity index (χ4n) is 2.12. The third-order valence-electron chi connectivity index (χ3n) is 3.53. The quantitative estimate of drug-likeness (QED) is 0.852. The Bertz CT molecular complexity index is 543. The molecular weight excluding hydrogens is 260 g/mol. The molecule has 1 heterocycles. The van der Waals surface area contributed by atoms with Crippen LogP contribution in [0.5, 0.6) is 0 Å². The maximum Gasteiger partial charge on any atom is 0.323 e. The number of para-hydroxylation sites is 1. The van der Waals surface area contributed by atoms with Crippen molar-refractivity contribution >= 4 is 27.5 Å². The molecule has 4 nitrogen and oxygen atoms in total. The highest BCUT2D eigenvalue weighted by Crippen LogP contribution is 2.23. The second-order valence-electron chi connectivity index (χ2n) is 4.52. The Morgan fingerprint density at radius 2 is 2.05 bits per heavy atom. The van der Waals surface area contributed by atoms with Crippen LogP contribution in [0.15, 0.2) is 24.3 Å². The molecule has 19 heavy (non-hydrogen) atoms. The Morgan fingerprint density at radius 3 is 2.63 bits per heavy atom. The van der Waals surface area contributed by atoms with Gasteiger partial charge in [-0.1, -0.05) is 26.0 Å². The Kier molecular flexibility index (Phi) is 4.17. The summed E-state index contributed by atoms with van der Waals surface area (Å²) in [5.74, 6) is -0.793. The van der Waals surface area contributed by atoms with Crippen LogP contribution in [0.25, 0.3) is 10.2 Å². The van der Waals surface area contributed by atoms with Crippen LogP contribution in [0.4, 0.5) is 0 Å². The average molecular weight is 278 g/mol. The molecule has 1 aromatic carbocycles. The Morgan fingerprint density at radius 1 is 1.37 bits per heavy atom. The van der Waals surface area contributed by atoms with Crippen molar-refractivity contribution in [3.05, 3.63) is 29.3 Å². The second kappa shape index (κ2) is 5.67. The summed E-state index contributed by atoms with van der Waals surface area (Å²) in [5, 5.41) is 13.4. The SMILES string of the molecule is CCC(CC)(NCc1nc2ccccc2s1)C(=O)O. The molecule has 0 aliphatic carbocycles. The predicted octanol–water partition coefficient (Wildman–Crippen LogP) is 3.03. The van der Waals surface area contributed by atoms with E-state index in [1.54, 1.807) is 11.3 Å². The van der Waals surface area contributed by atoms with Crippen LogP contribution in [-0.2, 0) is 11.3 Å². The van der Waals surface area contributed by atoms with Crippen molar-refractivity contribution in [1.29, 1.82) is 0 Å². The van der Waals surface area contributed by atoms with E-state index >= 15 is 0 Å². The van der Waals surface area contributed by atoms with Gasteiger partial charge in [-0.15, -0.1) is 11.3 Å². The summed E-state index contributed by atoms with van der Waals surface area (Å²) in [6.07, 6.45) is 1.12. The van der Waals surface area contributed by atoms with E-state index in [1.807, 2.05) is 38.1 Å². The Labute approximate surface area is 116 Å². The second-order valence-corrected chi connectivity index (χ2v) is 5.64. The van der Waals surface area contributed by atoms with Crippen LogP contribution in [0.2, 0.25) is 0 Å². The van der Waals surface area contributed by atoms with E-state index in [0.717, 1.165) is 15.2 Å². The third kappa shape index (κ3) is 2.77. The molecule has 5 heteroatoms. The first-order chi connectivity index (χ1) is 9.11. The lowest BCUT2D eigenvalue weighted by Crippen LogP contribution is -2.50. The minimum absolute atomic E-state index is 0.493. The topological polar surface area (TPSA) is 62.2 Å². The van der Waals surface area contributed by atoms with Gasteiger partial charge in [0.1, 0.15) is 10.5 Å². The molecule has 0 radical (unpaired) electrons. The van der Waals surface area contributed by atoms with Crippen molar-refractivity contribution in [2.75, 3.05) is 0 Å². The standard InChI is InChI=1S/C14H18N2O2S/c1-3-14(4-2,13(17)18)15-9-12-16-10-7-5-6-8-11(10)19-12/h5-8,15H,3-4,9H2,1-2H3,(H,17,18). The molecule has 0 aliphatic rings. The summed E-state index contributed by atoms with van der Waals surface area (Å²) in [6, 6.07) is 7.94. The number of aliphatic carboxylic acids is 1. The highest BCUT2D eigenvalue weighted by atomic mass is 32.1. The van der Waals surface area contributed by atoms with Crippen molar-refractivity contribution in [3.8, 4) is 0 Å². The first-order valence-corrected chi connectivity index (χ1v) is 7.26. The van der Waals surface area contributed by atoms with Crippen LogP contribution in [-0.4, -0.2) is 21.6 Å². The van der Waals surface area contributed by atoms with Crippen LogP contribution in [0.1, 0.15) is 31.7 Å². The first kappa shape index (κ1) is 14.0. The van der Waals surface area contributed by atoms with Gasteiger partial charge >= 0.3 is 5.97 Å². The number of carbonyl (C=O) groups is 1. The molecule has 2 aromatic rings. The van der Waals surface area contributed by atoms with Crippen LogP contribution in [0, 0.1) is 0 Å². The van der Waals surface area contributed by atoms with Gasteiger partial charge in [0.05, 0.1) is 10.2 Å². The lowest BCUT2D eigenvalue weighted by Gasteiger charge is -2.27. The maximum atomic E-state index is 11.4. The fraction of sp³-hybridized carbons (Fsp3) is 0.429. The minimum Gasteiger partial charge on any atom is -0.480 e. The lowest BCUT2D eigenvalue weighted by atomic mass is 9.93. The molecule has 0 saturated heterocycles. The normalized spacial score (nSPS) is 11.9. The monoisotopic (exact) mass is 278 g/mol. The van der Waals surface area contributed by atoms with E-state index in [0.29, 0.717) is 19.4 Å². The molecule has 0 fully saturated rings. The van der Waals surface area contributed by atoms with Crippen molar-refractivity contribution in [2.45, 2.75) is 38.8 Å². The van der Waals surface area contributed by atoms with Crippen molar-refractivity contribution in [1.82, 2.24) is 10.3 Å². The number of carboxylic acids is 1. The van der Waals surface area contributed by atoms with Gasteiger partial charge in [-0.2, -0.15) is 0 Å². The van der Waals surface area contributed by atoms with Crippen molar-refractivity contribution < 1.29 is 9.90 Å². The van der Waals surface area contributed by atoms with Gasteiger partial charge in [-0.3, -0.25) is 10.1 Å². The van der Waals surface area contributed by atoms with Crippen LogP contribution >= 0.6 is 11.3 Å². The third-order valence-corrected chi connectivity index (χ3v) is 4.57. The number of aromatic nitrogens is 1. The van der Waals surface area contributed by atoms with Crippen LogP contribution < -0.4 is 5.32 Å². The van der Waals surface area contributed by atoms with Crippen molar-refractivity contribution in [3.63, 3.8) is 0 Å². The molecule has 0 spiro atoms. The van der Waals surface area contributed by atoms with Crippen LogP contribution in [0.3, 0.4) is 0 Å². The largest absolute Gasteiger partial charge is 0.480 e. The van der Waals surface area contributed by atoms with Crippen molar-refractivity contribution in [2.24, 2.45) is 0 Å². The minimum atomic E-state index is -0.849. The molecule has 0 unspecified atom stereocenters. The molecule has 2 N–H and O–H groups in total. The van der Waals surface area contributed by atoms with E-state index in [1.165, 1.54) is 0 Å². The molecule has 1 aromatic heterocycles. The Balaban J connectivity index is 2.14. The molecular formula is C14H18N2O2S. The maximum absolute atomic E-state index is 11.4. The predicted molar refractivity (Wildman–Crippen MR) is 77.4 cm³/mol. The van der Waals surface area contributed by atoms with Gasteiger partial charge in [0.2, 0.25) is 0 Å². The number of carboxylic acid groups (broad SMARTS) is 1. The van der Waals surface area contributed by atoms with Gasteiger partial charge in [-0.25, -0.2) is 4.98 Å². The molecule has 0 bridgehead atoms. The number of nitrogens with one attached hydrogen (secondary N) is 1. The summed E-state index contributed by atoms with van der Waals surface area (Å²) in [7, 11) is 0. The zero-order valence-corrected chi connectivity index (χ0v) is 12.0. The zero-order chi connectivity index (χ0) is 13.9. The molecule has 0 aliphatic heterocycles. The van der Waals surface area contributed by atoms with Gasteiger partial charge in [0.25, 0.3) is 0 Å². The number of nitrogens with zero attached hydrogens (tertiary/aromatic N) is 1. The highest BCUT2D eigenvalue weighted by Gasteiger charge is 2.34. The summed E-state index contributed by atoms with van der Waals surface area (Å²) in [4.78, 5) is 15.9. The number of fused-ring (bicyclic) bond motifs is 1. The zero-order valence-electron chi connectivity index (χ0n) is 11.1. The smallest absolute Gasteiger partial charge is 0.323 e. The van der Waals surface area contributed by atoms with E-state index in [4.69, 9.17) is 0 Å². The summed E-state index contributed by atoms with van der Waals surface area (Å²) >= 11 is 1.60. The molecule has 0 amide bonds. The number of rotatable bonds is 6. The summed E-state index contributed by atoms with van der Waals surface area (Å²) in [6.45, 7) is 4.28. The highest BCUT2D eigenvalue weighted by molar-refractivity contribution is 7.18.